The topological polar surface area (TPSA) is 44.8 Å². The van der Waals surface area contributed by atoms with E-state index >= 15 is 0 Å². The van der Waals surface area contributed by atoms with Gasteiger partial charge < -0.3 is 15.0 Å². The van der Waals surface area contributed by atoms with E-state index in [1.807, 2.05) is 30.0 Å². The van der Waals surface area contributed by atoms with Crippen LogP contribution in [0.4, 0.5) is 4.79 Å². The van der Waals surface area contributed by atoms with E-state index in [0.29, 0.717) is 19.2 Å². The van der Waals surface area contributed by atoms with E-state index in [-0.39, 0.29) is 6.03 Å². The molecular weight excluding hydrogens is 346 g/mol. The van der Waals surface area contributed by atoms with Crippen LogP contribution in [0.15, 0.2) is 24.3 Å². The molecule has 5 nitrogen and oxygen atoms in total. The van der Waals surface area contributed by atoms with Crippen molar-refractivity contribution in [2.75, 3.05) is 50.8 Å². The first-order valence-corrected chi connectivity index (χ1v) is 11.0. The molecule has 0 aromatic heterocycles. The molecule has 0 spiro atoms. The van der Waals surface area contributed by atoms with Crippen molar-refractivity contribution in [3.8, 4) is 5.75 Å². The van der Waals surface area contributed by atoms with Gasteiger partial charge >= 0.3 is 6.03 Å². The molecule has 1 aromatic rings. The predicted molar refractivity (Wildman–Crippen MR) is 108 cm³/mol. The number of carbonyl (C=O) groups excluding carboxylic acids is 1. The van der Waals surface area contributed by atoms with Crippen LogP contribution in [-0.4, -0.2) is 72.7 Å². The molecule has 0 bridgehead atoms. The number of benzene rings is 1. The summed E-state index contributed by atoms with van der Waals surface area (Å²) in [5, 5.41) is 3.08. The average molecular weight is 378 g/mol. The number of thioether (sulfide) groups is 1. The minimum absolute atomic E-state index is 0.0755. The van der Waals surface area contributed by atoms with Gasteiger partial charge in [-0.1, -0.05) is 18.2 Å². The van der Waals surface area contributed by atoms with E-state index in [1.54, 1.807) is 0 Å². The number of hydrogen-bond donors (Lipinski definition) is 1. The van der Waals surface area contributed by atoms with Gasteiger partial charge in [-0.2, -0.15) is 11.8 Å². The first-order valence-electron chi connectivity index (χ1n) is 9.83. The summed E-state index contributed by atoms with van der Waals surface area (Å²) in [7, 11) is 0. The maximum Gasteiger partial charge on any atom is 0.317 e. The number of urea groups is 1. The molecule has 0 unspecified atom stereocenters. The highest BCUT2D eigenvalue weighted by Gasteiger charge is 2.27. The largest absolute Gasteiger partial charge is 0.494 e. The van der Waals surface area contributed by atoms with Crippen LogP contribution in [0.2, 0.25) is 0 Å². The fraction of sp³-hybridized carbons (Fsp3) is 0.650. The maximum atomic E-state index is 12.4. The van der Waals surface area contributed by atoms with Gasteiger partial charge in [0.15, 0.2) is 0 Å². The number of piperidine rings is 1. The lowest BCUT2D eigenvalue weighted by Gasteiger charge is -2.40. The van der Waals surface area contributed by atoms with Crippen molar-refractivity contribution in [3.63, 3.8) is 0 Å². The lowest BCUT2D eigenvalue weighted by molar-refractivity contribution is 0.124. The fourth-order valence-corrected chi connectivity index (χ4v) is 4.73. The Morgan fingerprint density at radius 2 is 1.92 bits per heavy atom. The zero-order valence-corrected chi connectivity index (χ0v) is 16.6. The van der Waals surface area contributed by atoms with Crippen LogP contribution < -0.4 is 10.1 Å². The fourth-order valence-electron chi connectivity index (χ4n) is 3.80. The summed E-state index contributed by atoms with van der Waals surface area (Å²) in [4.78, 5) is 17.0. The zero-order valence-electron chi connectivity index (χ0n) is 15.8. The van der Waals surface area contributed by atoms with Gasteiger partial charge in [-0.05, 0) is 37.8 Å². The van der Waals surface area contributed by atoms with Gasteiger partial charge in [-0.3, -0.25) is 4.90 Å². The molecule has 2 fully saturated rings. The maximum absolute atomic E-state index is 12.4. The van der Waals surface area contributed by atoms with Gasteiger partial charge in [0.25, 0.3) is 0 Å². The molecule has 2 saturated heterocycles. The van der Waals surface area contributed by atoms with Crippen LogP contribution in [0.25, 0.3) is 0 Å². The second kappa shape index (κ2) is 10.1. The Morgan fingerprint density at radius 1 is 1.19 bits per heavy atom. The van der Waals surface area contributed by atoms with Crippen molar-refractivity contribution in [2.24, 2.45) is 0 Å². The minimum Gasteiger partial charge on any atom is -0.494 e. The predicted octanol–water partition coefficient (Wildman–Crippen LogP) is 2.85. The lowest BCUT2D eigenvalue weighted by atomic mass is 10.0. The molecule has 0 saturated carbocycles. The Morgan fingerprint density at radius 3 is 2.65 bits per heavy atom. The van der Waals surface area contributed by atoms with Crippen molar-refractivity contribution in [1.29, 1.82) is 0 Å². The number of para-hydroxylation sites is 1. The second-order valence-corrected chi connectivity index (χ2v) is 8.11. The van der Waals surface area contributed by atoms with Crippen LogP contribution in [0.5, 0.6) is 5.75 Å². The van der Waals surface area contributed by atoms with E-state index in [2.05, 4.69) is 28.0 Å². The number of nitrogens with one attached hydrogen (secondary N) is 1. The Bertz CT molecular complexity index is 570. The Kier molecular flexibility index (Phi) is 7.50. The van der Waals surface area contributed by atoms with E-state index < -0.39 is 0 Å². The smallest absolute Gasteiger partial charge is 0.317 e. The second-order valence-electron chi connectivity index (χ2n) is 6.89. The Balaban J connectivity index is 1.39. The minimum atomic E-state index is 0.0755. The third-order valence-electron chi connectivity index (χ3n) is 5.26. The van der Waals surface area contributed by atoms with Crippen LogP contribution in [0.3, 0.4) is 0 Å². The molecule has 2 heterocycles. The number of likely N-dealkylation sites (tertiary alicyclic amines) is 1. The molecule has 26 heavy (non-hydrogen) atoms. The molecule has 1 N–H and O–H groups in total. The van der Waals surface area contributed by atoms with Crippen LogP contribution in [0.1, 0.15) is 25.3 Å². The third kappa shape index (κ3) is 5.30. The van der Waals surface area contributed by atoms with Crippen molar-refractivity contribution < 1.29 is 9.53 Å². The van der Waals surface area contributed by atoms with Gasteiger partial charge in [0.2, 0.25) is 0 Å². The van der Waals surface area contributed by atoms with Gasteiger partial charge in [0.05, 0.1) is 6.61 Å². The Labute approximate surface area is 161 Å². The molecule has 0 atom stereocenters. The van der Waals surface area contributed by atoms with Gasteiger partial charge in [-0.25, -0.2) is 4.79 Å². The molecule has 2 amide bonds. The number of nitrogens with zero attached hydrogens (tertiary/aromatic N) is 2. The number of ether oxygens (including phenoxy) is 1. The van der Waals surface area contributed by atoms with Crippen molar-refractivity contribution in [3.05, 3.63) is 29.8 Å². The van der Waals surface area contributed by atoms with Crippen LogP contribution in [-0.2, 0) is 6.42 Å². The number of carbonyl (C=O) groups is 1. The summed E-state index contributed by atoms with van der Waals surface area (Å²) >= 11 is 2.05. The molecule has 0 radical (unpaired) electrons. The number of rotatable bonds is 6. The molecule has 2 aliphatic heterocycles. The third-order valence-corrected chi connectivity index (χ3v) is 6.20. The number of hydrogen-bond acceptors (Lipinski definition) is 4. The SMILES string of the molecule is CCOc1ccccc1CCNC(=O)N1CCC(N2CCSCC2)CC1. The molecule has 1 aromatic carbocycles. The first kappa shape index (κ1) is 19.4. The first-order chi connectivity index (χ1) is 12.8. The van der Waals surface area contributed by atoms with Gasteiger partial charge in [0.1, 0.15) is 5.75 Å². The summed E-state index contributed by atoms with van der Waals surface area (Å²) in [6.07, 6.45) is 3.00. The monoisotopic (exact) mass is 377 g/mol. The molecule has 2 aliphatic rings. The number of amides is 2. The van der Waals surface area contributed by atoms with E-state index in [1.165, 1.54) is 24.6 Å². The van der Waals surface area contributed by atoms with Crippen LogP contribution >= 0.6 is 11.8 Å². The van der Waals surface area contributed by atoms with Crippen LogP contribution in [0, 0.1) is 0 Å². The molecule has 3 rings (SSSR count). The zero-order chi connectivity index (χ0) is 18.2. The Hall–Kier alpha value is -1.40. The summed E-state index contributed by atoms with van der Waals surface area (Å²) in [6.45, 7) is 7.46. The average Bonchev–Trinajstić information content (AvgIpc) is 2.70. The van der Waals surface area contributed by atoms with Gasteiger partial charge in [0, 0.05) is 50.3 Å². The van der Waals surface area contributed by atoms with E-state index in [0.717, 1.165) is 43.7 Å². The standard InChI is InChI=1S/C20H31N3O2S/c1-2-25-19-6-4-3-5-17(19)7-10-21-20(24)23-11-8-18(9-12-23)22-13-15-26-16-14-22/h3-6,18H,2,7-16H2,1H3,(H,21,24). The summed E-state index contributed by atoms with van der Waals surface area (Å²) < 4.78 is 5.65. The van der Waals surface area contributed by atoms with Crippen molar-refractivity contribution in [1.82, 2.24) is 15.1 Å². The molecule has 0 aliphatic carbocycles. The summed E-state index contributed by atoms with van der Waals surface area (Å²) in [5.74, 6) is 3.43. The highest BCUT2D eigenvalue weighted by atomic mass is 32.2. The van der Waals surface area contributed by atoms with E-state index in [4.69, 9.17) is 4.74 Å². The highest BCUT2D eigenvalue weighted by molar-refractivity contribution is 7.99. The quantitative estimate of drug-likeness (QED) is 0.828. The summed E-state index contributed by atoms with van der Waals surface area (Å²) in [6, 6.07) is 8.80. The lowest BCUT2D eigenvalue weighted by Crippen LogP contribution is -2.51. The highest BCUT2D eigenvalue weighted by Crippen LogP contribution is 2.21. The molecular formula is C20H31N3O2S. The summed E-state index contributed by atoms with van der Waals surface area (Å²) in [5.41, 5.74) is 1.15. The van der Waals surface area contributed by atoms with Crippen molar-refractivity contribution in [2.45, 2.75) is 32.2 Å². The van der Waals surface area contributed by atoms with Gasteiger partial charge in [-0.15, -0.1) is 0 Å². The molecule has 6 heteroatoms. The molecule has 144 valence electrons. The van der Waals surface area contributed by atoms with E-state index in [9.17, 15) is 4.79 Å². The van der Waals surface area contributed by atoms with Crippen molar-refractivity contribution >= 4 is 17.8 Å². The normalized spacial score (nSPS) is 19.3.